The highest BCUT2D eigenvalue weighted by Crippen LogP contribution is 2.10. The molecule has 1 N–H and O–H groups in total. The Balaban J connectivity index is 2.02. The predicted octanol–water partition coefficient (Wildman–Crippen LogP) is 1.73. The van der Waals surface area contributed by atoms with Crippen LogP contribution in [0.25, 0.3) is 0 Å². The highest BCUT2D eigenvalue weighted by Gasteiger charge is 2.19. The van der Waals surface area contributed by atoms with Gasteiger partial charge in [-0.05, 0) is 44.2 Å². The Morgan fingerprint density at radius 3 is 2.62 bits per heavy atom. The Morgan fingerprint density at radius 1 is 1.38 bits per heavy atom. The third-order valence-electron chi connectivity index (χ3n) is 3.15. The molecule has 1 rings (SSSR count). The van der Waals surface area contributed by atoms with E-state index in [2.05, 4.69) is 11.6 Å². The maximum Gasteiger partial charge on any atom is 0.219 e. The molecule has 1 aliphatic rings. The molecule has 0 aliphatic carbocycles. The van der Waals surface area contributed by atoms with Crippen LogP contribution in [0.2, 0.25) is 0 Å². The Hall–Kier alpha value is -0.220. The molecular formula is C12H24N2OS. The zero-order valence-corrected chi connectivity index (χ0v) is 11.3. The van der Waals surface area contributed by atoms with Crippen molar-refractivity contribution in [1.29, 1.82) is 0 Å². The van der Waals surface area contributed by atoms with Gasteiger partial charge in [-0.1, -0.05) is 0 Å². The van der Waals surface area contributed by atoms with Gasteiger partial charge >= 0.3 is 0 Å². The number of nitrogens with zero attached hydrogens (tertiary/aromatic N) is 1. The molecule has 0 aromatic heterocycles. The van der Waals surface area contributed by atoms with Crippen LogP contribution in [0.4, 0.5) is 0 Å². The number of hydrogen-bond acceptors (Lipinski definition) is 3. The number of unbranched alkanes of at least 4 members (excludes halogenated alkanes) is 1. The van der Waals surface area contributed by atoms with Crippen molar-refractivity contribution in [1.82, 2.24) is 10.2 Å². The molecule has 1 saturated heterocycles. The second kappa shape index (κ2) is 7.96. The van der Waals surface area contributed by atoms with Crippen LogP contribution >= 0.6 is 11.8 Å². The summed E-state index contributed by atoms with van der Waals surface area (Å²) < 4.78 is 0. The van der Waals surface area contributed by atoms with Crippen molar-refractivity contribution in [3.8, 4) is 0 Å². The Labute approximate surface area is 103 Å². The van der Waals surface area contributed by atoms with Crippen molar-refractivity contribution in [2.75, 3.05) is 31.6 Å². The molecule has 94 valence electrons. The Kier molecular flexibility index (Phi) is 6.88. The zero-order chi connectivity index (χ0) is 11.8. The lowest BCUT2D eigenvalue weighted by atomic mass is 10.0. The first-order valence-electron chi connectivity index (χ1n) is 6.22. The average molecular weight is 244 g/mol. The topological polar surface area (TPSA) is 32.3 Å². The molecule has 0 aromatic carbocycles. The molecule has 4 heteroatoms. The van der Waals surface area contributed by atoms with Crippen LogP contribution in [0.15, 0.2) is 0 Å². The van der Waals surface area contributed by atoms with E-state index in [4.69, 9.17) is 0 Å². The van der Waals surface area contributed by atoms with Crippen molar-refractivity contribution in [3.05, 3.63) is 0 Å². The first-order chi connectivity index (χ1) is 7.74. The van der Waals surface area contributed by atoms with Crippen molar-refractivity contribution in [3.63, 3.8) is 0 Å². The monoisotopic (exact) mass is 244 g/mol. The van der Waals surface area contributed by atoms with Crippen LogP contribution in [0.3, 0.4) is 0 Å². The summed E-state index contributed by atoms with van der Waals surface area (Å²) in [6.07, 6.45) is 6.96. The number of carbonyl (C=O) groups excluding carboxylic acids is 1. The van der Waals surface area contributed by atoms with E-state index < -0.39 is 0 Å². The molecule has 1 heterocycles. The summed E-state index contributed by atoms with van der Waals surface area (Å²) in [5.41, 5.74) is 0. The summed E-state index contributed by atoms with van der Waals surface area (Å²) in [4.78, 5) is 13.1. The lowest BCUT2D eigenvalue weighted by Crippen LogP contribution is -2.44. The molecule has 0 atom stereocenters. The number of nitrogens with one attached hydrogen (secondary N) is 1. The molecule has 1 amide bonds. The second-order valence-corrected chi connectivity index (χ2v) is 5.42. The maximum atomic E-state index is 11.1. The molecule has 0 saturated carbocycles. The summed E-state index contributed by atoms with van der Waals surface area (Å²) in [6.45, 7) is 4.65. The van der Waals surface area contributed by atoms with Gasteiger partial charge in [-0.25, -0.2) is 0 Å². The molecule has 0 bridgehead atoms. The lowest BCUT2D eigenvalue weighted by Gasteiger charge is -2.31. The van der Waals surface area contributed by atoms with Crippen molar-refractivity contribution >= 4 is 17.7 Å². The van der Waals surface area contributed by atoms with Crippen LogP contribution in [0, 0.1) is 0 Å². The van der Waals surface area contributed by atoms with Gasteiger partial charge in [-0.15, -0.1) is 0 Å². The third kappa shape index (κ3) is 5.21. The van der Waals surface area contributed by atoms with Gasteiger partial charge in [0.15, 0.2) is 0 Å². The van der Waals surface area contributed by atoms with Gasteiger partial charge in [-0.2, -0.15) is 11.8 Å². The Morgan fingerprint density at radius 2 is 2.06 bits per heavy atom. The fourth-order valence-corrected chi connectivity index (χ4v) is 2.57. The van der Waals surface area contributed by atoms with Crippen molar-refractivity contribution in [2.24, 2.45) is 0 Å². The quantitative estimate of drug-likeness (QED) is 0.722. The largest absolute Gasteiger partial charge is 0.343 e. The van der Waals surface area contributed by atoms with Gasteiger partial charge in [0.1, 0.15) is 0 Å². The minimum Gasteiger partial charge on any atom is -0.343 e. The standard InChI is InChI=1S/C12H24N2OS/c1-11(15)14-8-5-12(6-9-14)13-7-3-4-10-16-2/h12-13H,3-10H2,1-2H3. The fourth-order valence-electron chi connectivity index (χ4n) is 2.08. The SMILES string of the molecule is CSCCCCNC1CCN(C(C)=O)CC1. The van der Waals surface area contributed by atoms with Crippen LogP contribution in [0.5, 0.6) is 0 Å². The van der Waals surface area contributed by atoms with E-state index in [1.54, 1.807) is 6.92 Å². The molecule has 16 heavy (non-hydrogen) atoms. The first-order valence-corrected chi connectivity index (χ1v) is 7.61. The molecule has 0 radical (unpaired) electrons. The van der Waals surface area contributed by atoms with Gasteiger partial charge in [0.2, 0.25) is 5.91 Å². The first kappa shape index (κ1) is 13.8. The van der Waals surface area contributed by atoms with E-state index in [-0.39, 0.29) is 5.91 Å². The summed E-state index contributed by atoms with van der Waals surface area (Å²) in [5.74, 6) is 1.49. The fraction of sp³-hybridized carbons (Fsp3) is 0.917. The van der Waals surface area contributed by atoms with Crippen LogP contribution in [-0.4, -0.2) is 48.5 Å². The van der Waals surface area contributed by atoms with Crippen molar-refractivity contribution < 1.29 is 4.79 Å². The third-order valence-corrected chi connectivity index (χ3v) is 3.85. The number of hydrogen-bond donors (Lipinski definition) is 1. The summed E-state index contributed by atoms with van der Waals surface area (Å²) in [7, 11) is 0. The lowest BCUT2D eigenvalue weighted by molar-refractivity contribution is -0.129. The van der Waals surface area contributed by atoms with Crippen LogP contribution in [0.1, 0.15) is 32.6 Å². The van der Waals surface area contributed by atoms with Gasteiger partial charge in [0, 0.05) is 26.1 Å². The normalized spacial score (nSPS) is 17.8. The van der Waals surface area contributed by atoms with Crippen molar-refractivity contribution in [2.45, 2.75) is 38.6 Å². The summed E-state index contributed by atoms with van der Waals surface area (Å²) in [5, 5.41) is 3.59. The Bertz CT molecular complexity index is 203. The van der Waals surface area contributed by atoms with E-state index in [9.17, 15) is 4.79 Å². The van der Waals surface area contributed by atoms with E-state index in [0.717, 1.165) is 32.5 Å². The summed E-state index contributed by atoms with van der Waals surface area (Å²) >= 11 is 1.92. The molecule has 0 unspecified atom stereocenters. The number of piperidine rings is 1. The maximum absolute atomic E-state index is 11.1. The molecule has 1 aliphatic heterocycles. The molecule has 0 spiro atoms. The number of likely N-dealkylation sites (tertiary alicyclic amines) is 1. The van der Waals surface area contributed by atoms with Gasteiger partial charge in [-0.3, -0.25) is 4.79 Å². The van der Waals surface area contributed by atoms with E-state index >= 15 is 0 Å². The number of thioether (sulfide) groups is 1. The van der Waals surface area contributed by atoms with E-state index in [0.29, 0.717) is 6.04 Å². The summed E-state index contributed by atoms with van der Waals surface area (Å²) in [6, 6.07) is 0.630. The second-order valence-electron chi connectivity index (χ2n) is 4.43. The van der Waals surface area contributed by atoms with Gasteiger partial charge in [0.25, 0.3) is 0 Å². The highest BCUT2D eigenvalue weighted by molar-refractivity contribution is 7.98. The molecule has 0 aromatic rings. The average Bonchev–Trinajstić information content (AvgIpc) is 2.29. The smallest absolute Gasteiger partial charge is 0.219 e. The predicted molar refractivity (Wildman–Crippen MR) is 70.9 cm³/mol. The highest BCUT2D eigenvalue weighted by atomic mass is 32.2. The minimum absolute atomic E-state index is 0.221. The molecule has 3 nitrogen and oxygen atoms in total. The number of amides is 1. The van der Waals surface area contributed by atoms with Crippen LogP contribution in [-0.2, 0) is 4.79 Å². The van der Waals surface area contributed by atoms with Gasteiger partial charge < -0.3 is 10.2 Å². The zero-order valence-electron chi connectivity index (χ0n) is 10.5. The molecular weight excluding hydrogens is 220 g/mol. The number of rotatable bonds is 6. The van der Waals surface area contributed by atoms with Gasteiger partial charge in [0.05, 0.1) is 0 Å². The van der Waals surface area contributed by atoms with Crippen LogP contribution < -0.4 is 5.32 Å². The number of carbonyl (C=O) groups is 1. The molecule has 1 fully saturated rings. The van der Waals surface area contributed by atoms with E-state index in [1.165, 1.54) is 18.6 Å². The minimum atomic E-state index is 0.221. The van der Waals surface area contributed by atoms with E-state index in [1.807, 2.05) is 16.7 Å².